The summed E-state index contributed by atoms with van der Waals surface area (Å²) in [6.07, 6.45) is 2.04. The van der Waals surface area contributed by atoms with E-state index in [1.54, 1.807) is 6.92 Å². The number of benzene rings is 1. The first kappa shape index (κ1) is 11.5. The van der Waals surface area contributed by atoms with Crippen LogP contribution in [0.1, 0.15) is 25.7 Å². The van der Waals surface area contributed by atoms with E-state index in [0.717, 1.165) is 23.9 Å². The molecule has 0 aliphatic heterocycles. The van der Waals surface area contributed by atoms with Gasteiger partial charge in [0, 0.05) is 12.5 Å². The maximum atomic E-state index is 12.8. The van der Waals surface area contributed by atoms with Gasteiger partial charge >= 0.3 is 11.7 Å². The van der Waals surface area contributed by atoms with Crippen LogP contribution in [0.4, 0.5) is 0 Å². The Morgan fingerprint density at radius 2 is 1.90 bits per heavy atom. The van der Waals surface area contributed by atoms with Crippen LogP contribution in [0.5, 0.6) is 0 Å². The minimum atomic E-state index is -0.116. The molecule has 3 aromatic rings. The molecular formula is C14H14N4O2. The van der Waals surface area contributed by atoms with Crippen molar-refractivity contribution in [2.45, 2.75) is 32.2 Å². The highest BCUT2D eigenvalue weighted by atomic mass is 16.4. The molecule has 1 aliphatic carbocycles. The van der Waals surface area contributed by atoms with Gasteiger partial charge in [-0.05, 0) is 31.9 Å². The zero-order valence-electron chi connectivity index (χ0n) is 11.3. The summed E-state index contributed by atoms with van der Waals surface area (Å²) in [6, 6.07) is 7.93. The first-order valence-electron chi connectivity index (χ1n) is 6.64. The Morgan fingerprint density at radius 1 is 1.20 bits per heavy atom. The van der Waals surface area contributed by atoms with Gasteiger partial charge in [-0.3, -0.25) is 4.57 Å². The Kier molecular flexibility index (Phi) is 2.06. The molecule has 0 atom stereocenters. The third-order valence-electron chi connectivity index (χ3n) is 3.97. The van der Waals surface area contributed by atoms with Crippen molar-refractivity contribution in [2.75, 3.05) is 0 Å². The molecule has 1 aliphatic rings. The molecular weight excluding hydrogens is 256 g/mol. The molecule has 0 unspecified atom stereocenters. The van der Waals surface area contributed by atoms with Crippen LogP contribution in [-0.2, 0) is 5.54 Å². The van der Waals surface area contributed by atoms with Gasteiger partial charge < -0.3 is 4.42 Å². The van der Waals surface area contributed by atoms with Gasteiger partial charge in [-0.2, -0.15) is 0 Å². The number of aryl methyl sites for hydroxylation is 1. The van der Waals surface area contributed by atoms with E-state index in [1.807, 2.05) is 28.8 Å². The molecule has 0 saturated heterocycles. The molecule has 4 rings (SSSR count). The SMILES string of the molecule is Cc1nnc(-n2c(=O)n(C3(C)CC3)c3ccccc32)o1. The van der Waals surface area contributed by atoms with Crippen LogP contribution < -0.4 is 5.69 Å². The maximum Gasteiger partial charge on any atom is 0.337 e. The molecule has 2 heterocycles. The van der Waals surface area contributed by atoms with Crippen LogP contribution >= 0.6 is 0 Å². The fraction of sp³-hybridized carbons (Fsp3) is 0.357. The second-order valence-corrected chi connectivity index (χ2v) is 5.54. The predicted molar refractivity (Wildman–Crippen MR) is 73.0 cm³/mol. The number of hydrogen-bond donors (Lipinski definition) is 0. The van der Waals surface area contributed by atoms with Crippen molar-refractivity contribution < 1.29 is 4.42 Å². The average molecular weight is 270 g/mol. The monoisotopic (exact) mass is 270 g/mol. The van der Waals surface area contributed by atoms with Crippen LogP contribution in [-0.4, -0.2) is 19.3 Å². The molecule has 20 heavy (non-hydrogen) atoms. The summed E-state index contributed by atoms with van der Waals surface area (Å²) in [6.45, 7) is 3.81. The lowest BCUT2D eigenvalue weighted by Crippen LogP contribution is -2.29. The normalized spacial score (nSPS) is 16.7. The Labute approximate surface area is 114 Å². The van der Waals surface area contributed by atoms with Crippen molar-refractivity contribution in [2.24, 2.45) is 0 Å². The lowest BCUT2D eigenvalue weighted by atomic mass is 10.2. The van der Waals surface area contributed by atoms with E-state index < -0.39 is 0 Å². The summed E-state index contributed by atoms with van der Waals surface area (Å²) < 4.78 is 8.78. The number of nitrogens with zero attached hydrogens (tertiary/aromatic N) is 4. The number of fused-ring (bicyclic) bond motifs is 1. The molecule has 1 fully saturated rings. The molecule has 0 spiro atoms. The van der Waals surface area contributed by atoms with Crippen molar-refractivity contribution in [3.8, 4) is 6.01 Å². The number of rotatable bonds is 2. The number of aromatic nitrogens is 4. The summed E-state index contributed by atoms with van der Waals surface area (Å²) in [5, 5.41) is 7.79. The van der Waals surface area contributed by atoms with Gasteiger partial charge in [0.25, 0.3) is 0 Å². The van der Waals surface area contributed by atoms with Gasteiger partial charge in [-0.1, -0.05) is 17.2 Å². The Bertz CT molecular complexity index is 867. The minimum absolute atomic E-state index is 0.0863. The summed E-state index contributed by atoms with van der Waals surface area (Å²) in [4.78, 5) is 12.8. The first-order chi connectivity index (χ1) is 9.60. The Morgan fingerprint density at radius 3 is 2.50 bits per heavy atom. The number of para-hydroxylation sites is 2. The van der Waals surface area contributed by atoms with Gasteiger partial charge in [0.1, 0.15) is 0 Å². The van der Waals surface area contributed by atoms with E-state index in [-0.39, 0.29) is 17.2 Å². The van der Waals surface area contributed by atoms with Gasteiger partial charge in [-0.15, -0.1) is 5.10 Å². The third kappa shape index (κ3) is 1.41. The largest absolute Gasteiger partial charge is 0.408 e. The average Bonchev–Trinajstić information content (AvgIpc) is 2.89. The zero-order valence-corrected chi connectivity index (χ0v) is 11.3. The zero-order chi connectivity index (χ0) is 13.9. The molecule has 0 amide bonds. The van der Waals surface area contributed by atoms with Crippen LogP contribution in [0, 0.1) is 6.92 Å². The molecule has 2 aromatic heterocycles. The fourth-order valence-corrected chi connectivity index (χ4v) is 2.64. The highest BCUT2D eigenvalue weighted by Gasteiger charge is 2.42. The maximum absolute atomic E-state index is 12.8. The van der Waals surface area contributed by atoms with Crippen molar-refractivity contribution in [1.29, 1.82) is 0 Å². The van der Waals surface area contributed by atoms with E-state index >= 15 is 0 Å². The Balaban J connectivity index is 2.11. The molecule has 1 saturated carbocycles. The highest BCUT2D eigenvalue weighted by Crippen LogP contribution is 2.43. The lowest BCUT2D eigenvalue weighted by Gasteiger charge is -2.09. The molecule has 0 N–H and O–H groups in total. The molecule has 6 heteroatoms. The van der Waals surface area contributed by atoms with Crippen molar-refractivity contribution in [3.63, 3.8) is 0 Å². The van der Waals surface area contributed by atoms with Crippen LogP contribution in [0.3, 0.4) is 0 Å². The van der Waals surface area contributed by atoms with Gasteiger partial charge in [0.2, 0.25) is 5.89 Å². The van der Waals surface area contributed by atoms with E-state index in [9.17, 15) is 4.79 Å². The first-order valence-corrected chi connectivity index (χ1v) is 6.64. The molecule has 0 bridgehead atoms. The Hall–Kier alpha value is -2.37. The highest BCUT2D eigenvalue weighted by molar-refractivity contribution is 5.77. The van der Waals surface area contributed by atoms with Gasteiger partial charge in [0.05, 0.1) is 11.0 Å². The third-order valence-corrected chi connectivity index (χ3v) is 3.97. The smallest absolute Gasteiger partial charge is 0.337 e. The van der Waals surface area contributed by atoms with E-state index in [2.05, 4.69) is 17.1 Å². The van der Waals surface area contributed by atoms with Crippen molar-refractivity contribution in [3.05, 3.63) is 40.6 Å². The van der Waals surface area contributed by atoms with Crippen molar-refractivity contribution in [1.82, 2.24) is 19.3 Å². The van der Waals surface area contributed by atoms with Crippen LogP contribution in [0.2, 0.25) is 0 Å². The molecule has 102 valence electrons. The van der Waals surface area contributed by atoms with Gasteiger partial charge in [0.15, 0.2) is 0 Å². The summed E-state index contributed by atoms with van der Waals surface area (Å²) >= 11 is 0. The minimum Gasteiger partial charge on any atom is -0.408 e. The molecule has 0 radical (unpaired) electrons. The second kappa shape index (κ2) is 3.59. The van der Waals surface area contributed by atoms with Crippen LogP contribution in [0.15, 0.2) is 33.5 Å². The summed E-state index contributed by atoms with van der Waals surface area (Å²) in [5.74, 6) is 0.446. The summed E-state index contributed by atoms with van der Waals surface area (Å²) in [5.41, 5.74) is 1.51. The quantitative estimate of drug-likeness (QED) is 0.714. The summed E-state index contributed by atoms with van der Waals surface area (Å²) in [7, 11) is 0. The van der Waals surface area contributed by atoms with Crippen LogP contribution in [0.25, 0.3) is 17.0 Å². The van der Waals surface area contributed by atoms with E-state index in [4.69, 9.17) is 4.42 Å². The lowest BCUT2D eigenvalue weighted by molar-refractivity contribution is 0.479. The van der Waals surface area contributed by atoms with E-state index in [1.165, 1.54) is 4.57 Å². The van der Waals surface area contributed by atoms with Crippen molar-refractivity contribution >= 4 is 11.0 Å². The number of imidazole rings is 1. The molecule has 1 aromatic carbocycles. The van der Waals surface area contributed by atoms with E-state index in [0.29, 0.717) is 5.89 Å². The number of hydrogen-bond acceptors (Lipinski definition) is 4. The second-order valence-electron chi connectivity index (χ2n) is 5.54. The fourth-order valence-electron chi connectivity index (χ4n) is 2.64. The topological polar surface area (TPSA) is 65.8 Å². The van der Waals surface area contributed by atoms with Gasteiger partial charge in [-0.25, -0.2) is 9.36 Å². The molecule has 6 nitrogen and oxygen atoms in total. The standard InChI is InChI=1S/C14H14N4O2/c1-9-15-16-12(20-9)17-10-5-3-4-6-11(10)18(13(17)19)14(2)7-8-14/h3-6H,7-8H2,1-2H3. The predicted octanol–water partition coefficient (Wildman–Crippen LogP) is 1.99.